The van der Waals surface area contributed by atoms with E-state index < -0.39 is 5.97 Å². The van der Waals surface area contributed by atoms with Crippen molar-refractivity contribution >= 4 is 23.2 Å². The van der Waals surface area contributed by atoms with Crippen LogP contribution in [0.3, 0.4) is 0 Å². The fraction of sp³-hybridized carbons (Fsp3) is 0.261. The lowest BCUT2D eigenvalue weighted by molar-refractivity contribution is -0.116. The SMILES string of the molecule is CCOC(=O)c1cnn2c(-c3cccc(NC(=O)CCn4nc(C)cc4C)c3)ccnc12. The molecule has 4 rings (SSSR count). The first-order valence-electron chi connectivity index (χ1n) is 10.4. The second-order valence-electron chi connectivity index (χ2n) is 7.37. The van der Waals surface area contributed by atoms with Gasteiger partial charge in [-0.05, 0) is 45.0 Å². The first kappa shape index (κ1) is 21.2. The van der Waals surface area contributed by atoms with Crippen LogP contribution >= 0.6 is 0 Å². The van der Waals surface area contributed by atoms with E-state index in [0.717, 1.165) is 22.6 Å². The maximum atomic E-state index is 12.5. The van der Waals surface area contributed by atoms with E-state index in [1.807, 2.05) is 48.9 Å². The molecule has 164 valence electrons. The standard InChI is InChI=1S/C23H24N6O3/c1-4-32-23(31)19-14-25-29-20(8-10-24-22(19)29)17-6-5-7-18(13-17)26-21(30)9-11-28-16(3)12-15(2)27-28/h5-8,10,12-14H,4,9,11H2,1-3H3,(H,26,30). The molecule has 32 heavy (non-hydrogen) atoms. The van der Waals surface area contributed by atoms with Crippen molar-refractivity contribution in [2.24, 2.45) is 0 Å². The van der Waals surface area contributed by atoms with E-state index in [9.17, 15) is 9.59 Å². The fourth-order valence-corrected chi connectivity index (χ4v) is 3.55. The van der Waals surface area contributed by atoms with Crippen LogP contribution in [-0.4, -0.2) is 42.9 Å². The number of esters is 1. The Balaban J connectivity index is 1.53. The molecule has 0 atom stereocenters. The lowest BCUT2D eigenvalue weighted by Crippen LogP contribution is -2.15. The summed E-state index contributed by atoms with van der Waals surface area (Å²) < 4.78 is 8.50. The summed E-state index contributed by atoms with van der Waals surface area (Å²) in [4.78, 5) is 28.9. The zero-order chi connectivity index (χ0) is 22.7. The first-order chi connectivity index (χ1) is 15.5. The molecule has 0 bridgehead atoms. The number of carbonyl (C=O) groups excluding carboxylic acids is 2. The normalized spacial score (nSPS) is 11.0. The van der Waals surface area contributed by atoms with Gasteiger partial charge < -0.3 is 10.1 Å². The Hall–Kier alpha value is -4.01. The average molecular weight is 432 g/mol. The van der Waals surface area contributed by atoms with Crippen molar-refractivity contribution < 1.29 is 14.3 Å². The lowest BCUT2D eigenvalue weighted by atomic mass is 10.1. The van der Waals surface area contributed by atoms with E-state index in [1.165, 1.54) is 6.20 Å². The molecule has 3 aromatic heterocycles. The third-order valence-electron chi connectivity index (χ3n) is 4.99. The van der Waals surface area contributed by atoms with Crippen molar-refractivity contribution in [1.29, 1.82) is 0 Å². The number of aryl methyl sites for hydroxylation is 3. The van der Waals surface area contributed by atoms with Crippen molar-refractivity contribution in [2.45, 2.75) is 33.7 Å². The van der Waals surface area contributed by atoms with Gasteiger partial charge >= 0.3 is 5.97 Å². The van der Waals surface area contributed by atoms with Gasteiger partial charge in [-0.15, -0.1) is 0 Å². The van der Waals surface area contributed by atoms with Crippen molar-refractivity contribution in [1.82, 2.24) is 24.4 Å². The van der Waals surface area contributed by atoms with Crippen LogP contribution in [0.15, 0.2) is 48.8 Å². The van der Waals surface area contributed by atoms with Gasteiger partial charge in [-0.1, -0.05) is 12.1 Å². The number of aromatic nitrogens is 5. The number of benzene rings is 1. The Kier molecular flexibility index (Phi) is 5.98. The zero-order valence-electron chi connectivity index (χ0n) is 18.2. The number of rotatable bonds is 7. The third kappa shape index (κ3) is 4.36. The van der Waals surface area contributed by atoms with Gasteiger partial charge in [-0.3, -0.25) is 9.48 Å². The summed E-state index contributed by atoms with van der Waals surface area (Å²) >= 11 is 0. The minimum Gasteiger partial charge on any atom is -0.462 e. The summed E-state index contributed by atoms with van der Waals surface area (Å²) in [7, 11) is 0. The molecule has 1 aromatic carbocycles. The number of ether oxygens (including phenoxy) is 1. The molecule has 0 saturated carbocycles. The summed E-state index contributed by atoms with van der Waals surface area (Å²) in [5.41, 5.74) is 4.92. The molecule has 0 unspecified atom stereocenters. The number of hydrogen-bond acceptors (Lipinski definition) is 6. The fourth-order valence-electron chi connectivity index (χ4n) is 3.55. The molecule has 0 fully saturated rings. The maximum absolute atomic E-state index is 12.5. The van der Waals surface area contributed by atoms with Gasteiger partial charge in [0.2, 0.25) is 5.91 Å². The smallest absolute Gasteiger partial charge is 0.343 e. The first-order valence-corrected chi connectivity index (χ1v) is 10.4. The number of carbonyl (C=O) groups is 2. The van der Waals surface area contributed by atoms with Crippen LogP contribution in [-0.2, 0) is 16.1 Å². The van der Waals surface area contributed by atoms with Crippen LogP contribution in [0, 0.1) is 13.8 Å². The molecule has 1 N–H and O–H groups in total. The molecule has 0 spiro atoms. The Morgan fingerprint density at radius 3 is 2.75 bits per heavy atom. The lowest BCUT2D eigenvalue weighted by Gasteiger charge is -2.09. The van der Waals surface area contributed by atoms with Crippen LogP contribution in [0.4, 0.5) is 5.69 Å². The molecule has 0 aliphatic carbocycles. The van der Waals surface area contributed by atoms with E-state index in [2.05, 4.69) is 20.5 Å². The molecule has 0 radical (unpaired) electrons. The predicted molar refractivity (Wildman–Crippen MR) is 119 cm³/mol. The van der Waals surface area contributed by atoms with Gasteiger partial charge in [0, 0.05) is 36.1 Å². The summed E-state index contributed by atoms with van der Waals surface area (Å²) in [6.07, 6.45) is 3.39. The second-order valence-corrected chi connectivity index (χ2v) is 7.37. The number of nitrogens with one attached hydrogen (secondary N) is 1. The van der Waals surface area contributed by atoms with Gasteiger partial charge in [0.15, 0.2) is 5.65 Å². The van der Waals surface area contributed by atoms with Crippen molar-refractivity contribution in [3.63, 3.8) is 0 Å². The van der Waals surface area contributed by atoms with E-state index in [0.29, 0.717) is 29.9 Å². The highest BCUT2D eigenvalue weighted by Gasteiger charge is 2.17. The summed E-state index contributed by atoms with van der Waals surface area (Å²) in [5.74, 6) is -0.561. The highest BCUT2D eigenvalue weighted by Crippen LogP contribution is 2.24. The molecule has 3 heterocycles. The molecular formula is C23H24N6O3. The molecule has 1 amide bonds. The number of nitrogens with zero attached hydrogens (tertiary/aromatic N) is 5. The number of anilines is 1. The molecule has 0 saturated heterocycles. The van der Waals surface area contributed by atoms with Crippen LogP contribution in [0.25, 0.3) is 16.9 Å². The quantitative estimate of drug-likeness (QED) is 0.449. The largest absolute Gasteiger partial charge is 0.462 e. The summed E-state index contributed by atoms with van der Waals surface area (Å²) in [5, 5.41) is 11.6. The van der Waals surface area contributed by atoms with Crippen LogP contribution in [0.2, 0.25) is 0 Å². The molecule has 0 aliphatic heterocycles. The van der Waals surface area contributed by atoms with Gasteiger partial charge in [0.05, 0.1) is 24.2 Å². The summed E-state index contributed by atoms with van der Waals surface area (Å²) in [6, 6.07) is 11.2. The topological polar surface area (TPSA) is 103 Å². The van der Waals surface area contributed by atoms with Crippen molar-refractivity contribution in [3.05, 3.63) is 65.7 Å². The minimum atomic E-state index is -0.462. The Morgan fingerprint density at radius 2 is 2.00 bits per heavy atom. The van der Waals surface area contributed by atoms with E-state index >= 15 is 0 Å². The van der Waals surface area contributed by atoms with Gasteiger partial charge in [0.25, 0.3) is 0 Å². The Bertz CT molecular complexity index is 1290. The van der Waals surface area contributed by atoms with Gasteiger partial charge in [-0.2, -0.15) is 10.2 Å². The van der Waals surface area contributed by atoms with Crippen LogP contribution in [0.5, 0.6) is 0 Å². The highest BCUT2D eigenvalue weighted by molar-refractivity contribution is 5.96. The van der Waals surface area contributed by atoms with Crippen LogP contribution < -0.4 is 5.32 Å². The minimum absolute atomic E-state index is 0.0988. The zero-order valence-corrected chi connectivity index (χ0v) is 18.2. The molecular weight excluding hydrogens is 408 g/mol. The number of amides is 1. The molecule has 9 heteroatoms. The molecule has 0 aliphatic rings. The summed E-state index contributed by atoms with van der Waals surface area (Å²) in [6.45, 7) is 6.44. The van der Waals surface area contributed by atoms with E-state index in [1.54, 1.807) is 23.7 Å². The highest BCUT2D eigenvalue weighted by atomic mass is 16.5. The average Bonchev–Trinajstić information content (AvgIpc) is 3.35. The maximum Gasteiger partial charge on any atom is 0.343 e. The van der Waals surface area contributed by atoms with Crippen molar-refractivity contribution in [3.8, 4) is 11.3 Å². The van der Waals surface area contributed by atoms with Gasteiger partial charge in [-0.25, -0.2) is 14.3 Å². The third-order valence-corrected chi connectivity index (χ3v) is 4.99. The predicted octanol–water partition coefficient (Wildman–Crippen LogP) is 3.42. The van der Waals surface area contributed by atoms with Crippen molar-refractivity contribution in [2.75, 3.05) is 11.9 Å². The molecule has 4 aromatic rings. The second kappa shape index (κ2) is 9.01. The monoisotopic (exact) mass is 432 g/mol. The van der Waals surface area contributed by atoms with Crippen LogP contribution in [0.1, 0.15) is 35.1 Å². The Morgan fingerprint density at radius 1 is 1.16 bits per heavy atom. The Labute approximate surface area is 185 Å². The number of hydrogen-bond donors (Lipinski definition) is 1. The van der Waals surface area contributed by atoms with E-state index in [-0.39, 0.29) is 12.5 Å². The number of fused-ring (bicyclic) bond motifs is 1. The molecule has 9 nitrogen and oxygen atoms in total. The van der Waals surface area contributed by atoms with E-state index in [4.69, 9.17) is 4.74 Å². The van der Waals surface area contributed by atoms with Gasteiger partial charge in [0.1, 0.15) is 5.56 Å².